The van der Waals surface area contributed by atoms with Gasteiger partial charge in [0.1, 0.15) is 5.82 Å². The predicted octanol–water partition coefficient (Wildman–Crippen LogP) is 3.44. The van der Waals surface area contributed by atoms with Gasteiger partial charge in [0.05, 0.1) is 17.5 Å². The number of rotatable bonds is 5. The molecule has 3 fully saturated rings. The van der Waals surface area contributed by atoms with Gasteiger partial charge in [-0.05, 0) is 42.9 Å². The third kappa shape index (κ3) is 5.20. The molecule has 1 aliphatic carbocycles. The molecule has 2 aliphatic heterocycles. The normalized spacial score (nSPS) is 28.0. The van der Waals surface area contributed by atoms with Gasteiger partial charge in [-0.15, -0.1) is 0 Å². The van der Waals surface area contributed by atoms with E-state index in [4.69, 9.17) is 0 Å². The van der Waals surface area contributed by atoms with Crippen LogP contribution in [0.2, 0.25) is 0 Å². The molecule has 1 amide bonds. The molecule has 2 heterocycles. The van der Waals surface area contributed by atoms with Crippen molar-refractivity contribution in [2.45, 2.75) is 56.2 Å². The first kappa shape index (κ1) is 20.8. The van der Waals surface area contributed by atoms with Gasteiger partial charge in [0.25, 0.3) is 0 Å². The number of amides is 1. The van der Waals surface area contributed by atoms with Crippen LogP contribution < -0.4 is 0 Å². The number of amidine groups is 1. The first-order valence-electron chi connectivity index (χ1n) is 10.4. The van der Waals surface area contributed by atoms with Gasteiger partial charge in [0, 0.05) is 18.2 Å². The zero-order valence-corrected chi connectivity index (χ0v) is 18.1. The van der Waals surface area contributed by atoms with Crippen LogP contribution in [0.15, 0.2) is 29.3 Å². The van der Waals surface area contributed by atoms with E-state index in [-0.39, 0.29) is 34.5 Å². The summed E-state index contributed by atoms with van der Waals surface area (Å²) >= 11 is 1.44. The second kappa shape index (κ2) is 8.76. The number of aliphatic imine (C=N–C) groups is 1. The van der Waals surface area contributed by atoms with E-state index in [9.17, 15) is 17.6 Å². The van der Waals surface area contributed by atoms with Crippen LogP contribution in [0.25, 0.3) is 0 Å². The van der Waals surface area contributed by atoms with E-state index in [2.05, 4.69) is 4.99 Å². The lowest BCUT2D eigenvalue weighted by Crippen LogP contribution is -2.39. The lowest BCUT2D eigenvalue weighted by atomic mass is 9.87. The number of carbonyl (C=O) groups is 1. The monoisotopic (exact) mass is 438 g/mol. The summed E-state index contributed by atoms with van der Waals surface area (Å²) in [5.74, 6) is 0.325. The van der Waals surface area contributed by atoms with Crippen molar-refractivity contribution in [3.8, 4) is 0 Å². The number of benzene rings is 1. The Labute approximate surface area is 176 Å². The van der Waals surface area contributed by atoms with Crippen molar-refractivity contribution in [1.82, 2.24) is 4.90 Å². The van der Waals surface area contributed by atoms with Gasteiger partial charge in [-0.3, -0.25) is 4.79 Å². The molecule has 1 aromatic rings. The van der Waals surface area contributed by atoms with Crippen LogP contribution in [-0.2, 0) is 21.1 Å². The van der Waals surface area contributed by atoms with E-state index in [0.29, 0.717) is 30.5 Å². The highest BCUT2D eigenvalue weighted by Gasteiger charge is 2.48. The van der Waals surface area contributed by atoms with Crippen molar-refractivity contribution >= 4 is 32.7 Å². The van der Waals surface area contributed by atoms with Crippen molar-refractivity contribution in [3.63, 3.8) is 0 Å². The number of sulfone groups is 1. The summed E-state index contributed by atoms with van der Waals surface area (Å²) in [5, 5.41) is 0.604. The minimum absolute atomic E-state index is 0.0607. The molecule has 3 aliphatic rings. The Morgan fingerprint density at radius 2 is 1.86 bits per heavy atom. The average molecular weight is 439 g/mol. The Morgan fingerprint density at radius 3 is 2.59 bits per heavy atom. The molecule has 0 aromatic heterocycles. The summed E-state index contributed by atoms with van der Waals surface area (Å²) in [4.78, 5) is 19.0. The van der Waals surface area contributed by atoms with Crippen LogP contribution in [0, 0.1) is 11.7 Å². The van der Waals surface area contributed by atoms with E-state index in [1.165, 1.54) is 43.2 Å². The van der Waals surface area contributed by atoms with Gasteiger partial charge < -0.3 is 4.90 Å². The molecule has 8 heteroatoms. The van der Waals surface area contributed by atoms with Crippen LogP contribution in [0.3, 0.4) is 0 Å². The van der Waals surface area contributed by atoms with Crippen molar-refractivity contribution < 1.29 is 17.6 Å². The summed E-state index contributed by atoms with van der Waals surface area (Å²) < 4.78 is 37.4. The van der Waals surface area contributed by atoms with E-state index in [1.807, 2.05) is 4.90 Å². The standard InChI is InChI=1S/C21H27FN2O3S2/c22-17-8-6-15(7-9-17)10-11-24-18-13-29(26,27)14-19(18)28-21(24)23-20(25)12-16-4-2-1-3-5-16/h6-9,16,18-19H,1-5,10-14H2. The Morgan fingerprint density at radius 1 is 1.14 bits per heavy atom. The molecule has 158 valence electrons. The smallest absolute Gasteiger partial charge is 0.248 e. The summed E-state index contributed by atoms with van der Waals surface area (Å²) in [5.41, 5.74) is 0.980. The minimum atomic E-state index is -3.05. The maximum atomic E-state index is 13.2. The summed E-state index contributed by atoms with van der Waals surface area (Å²) in [6, 6.07) is 6.21. The minimum Gasteiger partial charge on any atom is -0.346 e. The number of carbonyl (C=O) groups excluding carboxylic acids is 1. The fourth-order valence-electron chi connectivity index (χ4n) is 4.59. The van der Waals surface area contributed by atoms with Crippen molar-refractivity contribution in [3.05, 3.63) is 35.6 Å². The first-order valence-corrected chi connectivity index (χ1v) is 13.1. The second-order valence-electron chi connectivity index (χ2n) is 8.37. The second-order valence-corrected chi connectivity index (χ2v) is 11.7. The topological polar surface area (TPSA) is 66.8 Å². The van der Waals surface area contributed by atoms with Gasteiger partial charge >= 0.3 is 0 Å². The summed E-state index contributed by atoms with van der Waals surface area (Å²) in [7, 11) is -3.05. The quantitative estimate of drug-likeness (QED) is 0.705. The maximum Gasteiger partial charge on any atom is 0.248 e. The van der Waals surface area contributed by atoms with E-state index >= 15 is 0 Å². The lowest BCUT2D eigenvalue weighted by molar-refractivity contribution is -0.118. The molecule has 0 bridgehead atoms. The van der Waals surface area contributed by atoms with Crippen LogP contribution in [0.5, 0.6) is 0 Å². The average Bonchev–Trinajstić information content (AvgIpc) is 3.13. The zero-order valence-electron chi connectivity index (χ0n) is 16.4. The van der Waals surface area contributed by atoms with Gasteiger partial charge in [-0.2, -0.15) is 4.99 Å². The summed E-state index contributed by atoms with van der Waals surface area (Å²) in [6.07, 6.45) is 6.97. The molecule has 1 saturated carbocycles. The Hall–Kier alpha value is -1.41. The van der Waals surface area contributed by atoms with E-state index in [1.54, 1.807) is 12.1 Å². The van der Waals surface area contributed by atoms with E-state index in [0.717, 1.165) is 18.4 Å². The molecule has 2 atom stereocenters. The van der Waals surface area contributed by atoms with Gasteiger partial charge in [-0.1, -0.05) is 43.2 Å². The van der Waals surface area contributed by atoms with Crippen molar-refractivity contribution in [2.75, 3.05) is 18.1 Å². The highest BCUT2D eigenvalue weighted by Crippen LogP contribution is 2.38. The largest absolute Gasteiger partial charge is 0.346 e. The SMILES string of the molecule is O=C(CC1CCCCC1)N=C1SC2CS(=O)(=O)CC2N1CCc1ccc(F)cc1. The molecule has 0 N–H and O–H groups in total. The fourth-order valence-corrected chi connectivity index (χ4v) is 8.58. The number of thioether (sulfide) groups is 1. The molecule has 5 nitrogen and oxygen atoms in total. The highest BCUT2D eigenvalue weighted by atomic mass is 32.2. The van der Waals surface area contributed by atoms with Gasteiger partial charge in [0.15, 0.2) is 15.0 Å². The van der Waals surface area contributed by atoms with Gasteiger partial charge in [-0.25, -0.2) is 12.8 Å². The molecule has 4 rings (SSSR count). The molecule has 1 aromatic carbocycles. The number of hydrogen-bond acceptors (Lipinski definition) is 4. The molecular formula is C21H27FN2O3S2. The lowest BCUT2D eigenvalue weighted by Gasteiger charge is -2.24. The van der Waals surface area contributed by atoms with Crippen LogP contribution in [0.4, 0.5) is 4.39 Å². The van der Waals surface area contributed by atoms with Gasteiger partial charge in [0.2, 0.25) is 5.91 Å². The molecule has 2 saturated heterocycles. The fraction of sp³-hybridized carbons (Fsp3) is 0.619. The molecule has 0 spiro atoms. The number of fused-ring (bicyclic) bond motifs is 1. The maximum absolute atomic E-state index is 13.2. The summed E-state index contributed by atoms with van der Waals surface area (Å²) in [6.45, 7) is 0.574. The Bertz CT molecular complexity index is 880. The molecule has 2 unspecified atom stereocenters. The first-order chi connectivity index (χ1) is 13.9. The Balaban J connectivity index is 1.46. The van der Waals surface area contributed by atoms with E-state index < -0.39 is 9.84 Å². The number of hydrogen-bond donors (Lipinski definition) is 0. The molecule has 0 radical (unpaired) electrons. The molecule has 29 heavy (non-hydrogen) atoms. The predicted molar refractivity (Wildman–Crippen MR) is 114 cm³/mol. The highest BCUT2D eigenvalue weighted by molar-refractivity contribution is 8.15. The third-order valence-corrected chi connectivity index (χ3v) is 9.39. The van der Waals surface area contributed by atoms with Crippen LogP contribution in [-0.4, -0.2) is 53.7 Å². The van der Waals surface area contributed by atoms with Crippen LogP contribution in [0.1, 0.15) is 44.1 Å². The van der Waals surface area contributed by atoms with Crippen LogP contribution >= 0.6 is 11.8 Å². The zero-order chi connectivity index (χ0) is 20.4. The number of nitrogens with zero attached hydrogens (tertiary/aromatic N) is 2. The molecular weight excluding hydrogens is 411 g/mol. The third-order valence-electron chi connectivity index (χ3n) is 6.14. The van der Waals surface area contributed by atoms with Crippen molar-refractivity contribution in [1.29, 1.82) is 0 Å². The Kier molecular flexibility index (Phi) is 6.30. The number of halogens is 1. The van der Waals surface area contributed by atoms with Crippen molar-refractivity contribution in [2.24, 2.45) is 10.9 Å².